The highest BCUT2D eigenvalue weighted by atomic mass is 79.9. The molecule has 0 fully saturated rings. The maximum absolute atomic E-state index is 12.6. The van der Waals surface area contributed by atoms with Gasteiger partial charge in [0.25, 0.3) is 5.91 Å². The third-order valence-electron chi connectivity index (χ3n) is 3.66. The van der Waals surface area contributed by atoms with E-state index < -0.39 is 0 Å². The zero-order valence-electron chi connectivity index (χ0n) is 12.3. The lowest BCUT2D eigenvalue weighted by Crippen LogP contribution is -2.17. The Bertz CT molecular complexity index is 1110. The van der Waals surface area contributed by atoms with Crippen molar-refractivity contribution in [3.8, 4) is 0 Å². The molecule has 6 nitrogen and oxygen atoms in total. The minimum atomic E-state index is -0.382. The molecular formula is C17H11BrN4O2. The molecule has 0 atom stereocenters. The van der Waals surface area contributed by atoms with E-state index in [1.807, 2.05) is 24.3 Å². The number of aromatic amines is 1. The first-order valence-corrected chi connectivity index (χ1v) is 7.98. The fraction of sp³-hybridized carbons (Fsp3) is 0. The number of hydrogen-bond donors (Lipinski definition) is 2. The third kappa shape index (κ3) is 2.59. The Balaban J connectivity index is 1.77. The van der Waals surface area contributed by atoms with Gasteiger partial charge in [-0.2, -0.15) is 5.10 Å². The molecule has 118 valence electrons. The molecular weight excluding hydrogens is 372 g/mol. The maximum Gasteiger partial charge on any atom is 0.257 e. The van der Waals surface area contributed by atoms with Gasteiger partial charge in [-0.05, 0) is 30.3 Å². The molecule has 7 heteroatoms. The summed E-state index contributed by atoms with van der Waals surface area (Å²) >= 11 is 3.38. The number of fused-ring (bicyclic) bond motifs is 2. The Labute approximate surface area is 144 Å². The van der Waals surface area contributed by atoms with Gasteiger partial charge in [-0.3, -0.25) is 9.59 Å². The normalized spacial score (nSPS) is 11.0. The molecule has 0 saturated carbocycles. The second kappa shape index (κ2) is 5.61. The second-order valence-corrected chi connectivity index (χ2v) is 6.21. The summed E-state index contributed by atoms with van der Waals surface area (Å²) in [5.74, 6) is 0.0437. The van der Waals surface area contributed by atoms with E-state index in [1.54, 1.807) is 28.9 Å². The molecule has 0 unspecified atom stereocenters. The summed E-state index contributed by atoms with van der Waals surface area (Å²) in [6.45, 7) is 0. The highest BCUT2D eigenvalue weighted by Gasteiger charge is 2.14. The number of pyridine rings is 2. The van der Waals surface area contributed by atoms with Crippen LogP contribution in [-0.4, -0.2) is 20.5 Å². The Morgan fingerprint density at radius 3 is 2.88 bits per heavy atom. The summed E-state index contributed by atoms with van der Waals surface area (Å²) in [6, 6.07) is 14.1. The van der Waals surface area contributed by atoms with E-state index in [2.05, 4.69) is 31.3 Å². The smallest absolute Gasteiger partial charge is 0.257 e. The molecule has 1 aromatic carbocycles. The van der Waals surface area contributed by atoms with E-state index in [1.165, 1.54) is 6.07 Å². The molecule has 0 aliphatic rings. The van der Waals surface area contributed by atoms with Crippen molar-refractivity contribution in [3.63, 3.8) is 0 Å². The number of hydrogen-bond acceptors (Lipinski definition) is 3. The van der Waals surface area contributed by atoms with Gasteiger partial charge in [-0.25, -0.2) is 4.52 Å². The number of nitrogens with zero attached hydrogens (tertiary/aromatic N) is 2. The standard InChI is InChI=1S/C17H11BrN4O2/c18-10-4-5-14-12(7-10)13(9-16(23)19-14)17(24)20-15-8-11-3-1-2-6-22(11)21-15/h1-9H,(H,19,23)(H,20,21,24). The first-order valence-electron chi connectivity index (χ1n) is 7.18. The van der Waals surface area contributed by atoms with Crippen LogP contribution in [0.5, 0.6) is 0 Å². The second-order valence-electron chi connectivity index (χ2n) is 5.29. The number of benzene rings is 1. The van der Waals surface area contributed by atoms with E-state index in [0.717, 1.165) is 9.99 Å². The first kappa shape index (κ1) is 14.6. The van der Waals surface area contributed by atoms with Crippen molar-refractivity contribution in [2.75, 3.05) is 5.32 Å². The Morgan fingerprint density at radius 1 is 1.17 bits per heavy atom. The summed E-state index contributed by atoms with van der Waals surface area (Å²) in [5.41, 5.74) is 1.44. The summed E-state index contributed by atoms with van der Waals surface area (Å²) in [4.78, 5) is 27.2. The van der Waals surface area contributed by atoms with Crippen molar-refractivity contribution >= 4 is 44.1 Å². The van der Waals surface area contributed by atoms with Gasteiger partial charge in [0.15, 0.2) is 5.82 Å². The van der Waals surface area contributed by atoms with Gasteiger partial charge in [-0.15, -0.1) is 0 Å². The summed E-state index contributed by atoms with van der Waals surface area (Å²) in [5, 5.41) is 7.69. The van der Waals surface area contributed by atoms with Crippen LogP contribution in [0, 0.1) is 0 Å². The average molecular weight is 383 g/mol. The lowest BCUT2D eigenvalue weighted by atomic mass is 10.1. The number of H-pyrrole nitrogens is 1. The lowest BCUT2D eigenvalue weighted by molar-refractivity contribution is 0.102. The molecule has 0 bridgehead atoms. The number of carbonyl (C=O) groups is 1. The van der Waals surface area contributed by atoms with Gasteiger partial charge in [0.1, 0.15) is 0 Å². The molecule has 0 aliphatic carbocycles. The molecule has 0 spiro atoms. The van der Waals surface area contributed by atoms with Crippen LogP contribution >= 0.6 is 15.9 Å². The predicted molar refractivity (Wildman–Crippen MR) is 95.4 cm³/mol. The molecule has 0 radical (unpaired) electrons. The van der Waals surface area contributed by atoms with Crippen LogP contribution in [0.15, 0.2) is 64.0 Å². The van der Waals surface area contributed by atoms with Crippen molar-refractivity contribution in [2.45, 2.75) is 0 Å². The van der Waals surface area contributed by atoms with Crippen molar-refractivity contribution in [2.24, 2.45) is 0 Å². The lowest BCUT2D eigenvalue weighted by Gasteiger charge is -2.06. The highest BCUT2D eigenvalue weighted by molar-refractivity contribution is 9.10. The molecule has 2 N–H and O–H groups in total. The number of carbonyl (C=O) groups excluding carboxylic acids is 1. The van der Waals surface area contributed by atoms with Gasteiger partial charge in [0, 0.05) is 33.7 Å². The van der Waals surface area contributed by atoms with E-state index in [-0.39, 0.29) is 11.5 Å². The number of amides is 1. The fourth-order valence-electron chi connectivity index (χ4n) is 2.60. The average Bonchev–Trinajstić information content (AvgIpc) is 2.96. The van der Waals surface area contributed by atoms with Crippen LogP contribution in [0.4, 0.5) is 5.82 Å². The molecule has 24 heavy (non-hydrogen) atoms. The van der Waals surface area contributed by atoms with Gasteiger partial charge < -0.3 is 10.3 Å². The van der Waals surface area contributed by atoms with Crippen molar-refractivity contribution in [1.29, 1.82) is 0 Å². The molecule has 4 aromatic rings. The van der Waals surface area contributed by atoms with Crippen LogP contribution in [0.2, 0.25) is 0 Å². The van der Waals surface area contributed by atoms with Crippen LogP contribution in [0.25, 0.3) is 16.4 Å². The van der Waals surface area contributed by atoms with Gasteiger partial charge in [0.05, 0.1) is 11.1 Å². The zero-order valence-corrected chi connectivity index (χ0v) is 13.9. The summed E-state index contributed by atoms with van der Waals surface area (Å²) in [6.07, 6.45) is 1.80. The monoisotopic (exact) mass is 382 g/mol. The minimum Gasteiger partial charge on any atom is -0.322 e. The van der Waals surface area contributed by atoms with Crippen LogP contribution < -0.4 is 10.9 Å². The first-order chi connectivity index (χ1) is 11.6. The maximum atomic E-state index is 12.6. The fourth-order valence-corrected chi connectivity index (χ4v) is 2.96. The molecule has 3 aromatic heterocycles. The van der Waals surface area contributed by atoms with E-state index >= 15 is 0 Å². The SMILES string of the molecule is O=C(Nc1cc2ccccn2n1)c1cc(=O)[nH]c2ccc(Br)cc12. The number of aromatic nitrogens is 3. The van der Waals surface area contributed by atoms with Crippen molar-refractivity contribution in [1.82, 2.24) is 14.6 Å². The number of halogens is 1. The van der Waals surface area contributed by atoms with Crippen LogP contribution in [0.3, 0.4) is 0 Å². The highest BCUT2D eigenvalue weighted by Crippen LogP contribution is 2.21. The quantitative estimate of drug-likeness (QED) is 0.558. The zero-order chi connectivity index (χ0) is 16.7. The number of anilines is 1. The Kier molecular flexibility index (Phi) is 3.42. The summed E-state index contributed by atoms with van der Waals surface area (Å²) in [7, 11) is 0. The van der Waals surface area contributed by atoms with E-state index in [4.69, 9.17) is 0 Å². The van der Waals surface area contributed by atoms with Crippen molar-refractivity contribution < 1.29 is 4.79 Å². The number of nitrogens with one attached hydrogen (secondary N) is 2. The van der Waals surface area contributed by atoms with Gasteiger partial charge in [0.2, 0.25) is 5.56 Å². The van der Waals surface area contributed by atoms with Crippen molar-refractivity contribution in [3.05, 3.63) is 75.1 Å². The predicted octanol–water partition coefficient (Wildman–Crippen LogP) is 3.19. The topological polar surface area (TPSA) is 79.3 Å². The molecule has 1 amide bonds. The molecule has 3 heterocycles. The molecule has 0 aliphatic heterocycles. The third-order valence-corrected chi connectivity index (χ3v) is 4.15. The van der Waals surface area contributed by atoms with Gasteiger partial charge in [-0.1, -0.05) is 22.0 Å². The summed E-state index contributed by atoms with van der Waals surface area (Å²) < 4.78 is 2.49. The van der Waals surface area contributed by atoms with E-state index in [9.17, 15) is 9.59 Å². The minimum absolute atomic E-state index is 0.298. The van der Waals surface area contributed by atoms with Gasteiger partial charge >= 0.3 is 0 Å². The molecule has 0 saturated heterocycles. The van der Waals surface area contributed by atoms with E-state index in [0.29, 0.717) is 22.3 Å². The molecule has 4 rings (SSSR count). The Hall–Kier alpha value is -2.93. The largest absolute Gasteiger partial charge is 0.322 e. The van der Waals surface area contributed by atoms with Crippen LogP contribution in [0.1, 0.15) is 10.4 Å². The van der Waals surface area contributed by atoms with Crippen LogP contribution in [-0.2, 0) is 0 Å². The Morgan fingerprint density at radius 2 is 2.04 bits per heavy atom. The number of rotatable bonds is 2.